The van der Waals surface area contributed by atoms with Crippen LogP contribution in [0, 0.1) is 5.82 Å². The predicted molar refractivity (Wildman–Crippen MR) is 64.8 cm³/mol. The summed E-state index contributed by atoms with van der Waals surface area (Å²) in [5, 5.41) is 9.61. The summed E-state index contributed by atoms with van der Waals surface area (Å²) < 4.78 is 13.8. The molecule has 0 spiro atoms. The summed E-state index contributed by atoms with van der Waals surface area (Å²) in [4.78, 5) is 0. The van der Waals surface area contributed by atoms with Crippen molar-refractivity contribution >= 4 is 28.3 Å². The number of hydrogen-bond donors (Lipinski definition) is 2. The van der Waals surface area contributed by atoms with E-state index in [0.29, 0.717) is 10.9 Å². The molecule has 86 valence electrons. The topological polar surface area (TPSA) is 46.2 Å². The molecule has 1 aromatic rings. The zero-order valence-electron chi connectivity index (χ0n) is 8.34. The van der Waals surface area contributed by atoms with Gasteiger partial charge in [0.15, 0.2) is 0 Å². The summed E-state index contributed by atoms with van der Waals surface area (Å²) in [6.07, 6.45) is 1.51. The normalized spacial score (nSPS) is 12.0. The minimum absolute atomic E-state index is 0. The van der Waals surface area contributed by atoms with Crippen molar-refractivity contribution in [1.82, 2.24) is 0 Å². The standard InChI is InChI=1S/C10H13BrFNO.ClH/c1-2-3-8(13)9-7(12)5-4-6(11)10(9)14;/h4-5,8,14H,2-3,13H2,1H3;1H/t8-;/m1./s1. The van der Waals surface area contributed by atoms with Crippen LogP contribution in [0.2, 0.25) is 0 Å². The summed E-state index contributed by atoms with van der Waals surface area (Å²) in [5.41, 5.74) is 5.95. The molecule has 15 heavy (non-hydrogen) atoms. The monoisotopic (exact) mass is 297 g/mol. The molecule has 0 aliphatic rings. The van der Waals surface area contributed by atoms with Crippen LogP contribution >= 0.6 is 28.3 Å². The van der Waals surface area contributed by atoms with Crippen molar-refractivity contribution in [3.05, 3.63) is 28.0 Å². The molecule has 0 aromatic heterocycles. The fourth-order valence-corrected chi connectivity index (χ4v) is 1.71. The number of hydrogen-bond acceptors (Lipinski definition) is 2. The molecule has 0 unspecified atom stereocenters. The molecule has 2 nitrogen and oxygen atoms in total. The molecule has 1 atom stereocenters. The second-order valence-electron chi connectivity index (χ2n) is 3.19. The van der Waals surface area contributed by atoms with Gasteiger partial charge in [-0.05, 0) is 34.5 Å². The van der Waals surface area contributed by atoms with Crippen LogP contribution < -0.4 is 5.73 Å². The molecule has 0 amide bonds. The van der Waals surface area contributed by atoms with Crippen LogP contribution in [0.15, 0.2) is 16.6 Å². The molecule has 0 saturated carbocycles. The summed E-state index contributed by atoms with van der Waals surface area (Å²) in [5.74, 6) is -0.544. The molecule has 0 aliphatic carbocycles. The molecule has 0 saturated heterocycles. The zero-order chi connectivity index (χ0) is 10.7. The van der Waals surface area contributed by atoms with E-state index in [4.69, 9.17) is 5.73 Å². The van der Waals surface area contributed by atoms with E-state index in [9.17, 15) is 9.50 Å². The van der Waals surface area contributed by atoms with Gasteiger partial charge < -0.3 is 10.8 Å². The second kappa shape index (κ2) is 6.30. The first kappa shape index (κ1) is 14.7. The Kier molecular flexibility index (Phi) is 6.17. The molecular formula is C10H14BrClFNO. The molecule has 0 radical (unpaired) electrons. The van der Waals surface area contributed by atoms with Gasteiger partial charge in [0, 0.05) is 11.6 Å². The number of phenolic OH excluding ortho intramolecular Hbond substituents is 1. The molecular weight excluding hydrogens is 284 g/mol. The molecule has 1 aromatic carbocycles. The van der Waals surface area contributed by atoms with Crippen molar-refractivity contribution in [3.8, 4) is 5.75 Å². The maximum atomic E-state index is 13.3. The average molecular weight is 299 g/mol. The number of halogens is 3. The van der Waals surface area contributed by atoms with Gasteiger partial charge in [-0.15, -0.1) is 12.4 Å². The third-order valence-corrected chi connectivity index (χ3v) is 2.73. The Morgan fingerprint density at radius 1 is 1.53 bits per heavy atom. The van der Waals surface area contributed by atoms with Crippen molar-refractivity contribution in [3.63, 3.8) is 0 Å². The van der Waals surface area contributed by atoms with Crippen LogP contribution in [0.3, 0.4) is 0 Å². The first-order valence-corrected chi connectivity index (χ1v) is 5.29. The van der Waals surface area contributed by atoms with Gasteiger partial charge in [-0.1, -0.05) is 13.3 Å². The van der Waals surface area contributed by atoms with Crippen LogP contribution in [-0.4, -0.2) is 5.11 Å². The Labute approximate surface area is 103 Å². The first-order chi connectivity index (χ1) is 6.57. The van der Waals surface area contributed by atoms with Crippen LogP contribution in [0.4, 0.5) is 4.39 Å². The quantitative estimate of drug-likeness (QED) is 0.897. The maximum Gasteiger partial charge on any atom is 0.137 e. The number of rotatable bonds is 3. The predicted octanol–water partition coefficient (Wildman–Crippen LogP) is 3.52. The zero-order valence-corrected chi connectivity index (χ0v) is 10.7. The second-order valence-corrected chi connectivity index (χ2v) is 4.04. The van der Waals surface area contributed by atoms with E-state index in [0.717, 1.165) is 6.42 Å². The van der Waals surface area contributed by atoms with Gasteiger partial charge in [-0.3, -0.25) is 0 Å². The van der Waals surface area contributed by atoms with Crippen molar-refractivity contribution in [1.29, 1.82) is 0 Å². The molecule has 0 fully saturated rings. The molecule has 1 rings (SSSR count). The van der Waals surface area contributed by atoms with Crippen molar-refractivity contribution in [2.45, 2.75) is 25.8 Å². The third-order valence-electron chi connectivity index (χ3n) is 2.09. The lowest BCUT2D eigenvalue weighted by atomic mass is 10.0. The number of nitrogens with two attached hydrogens (primary N) is 1. The average Bonchev–Trinajstić information content (AvgIpc) is 2.13. The highest BCUT2D eigenvalue weighted by Crippen LogP contribution is 2.34. The van der Waals surface area contributed by atoms with E-state index in [2.05, 4.69) is 15.9 Å². The number of aromatic hydroxyl groups is 1. The minimum atomic E-state index is -0.452. The SMILES string of the molecule is CCC[C@@H](N)c1c(F)ccc(Br)c1O.Cl. The Balaban J connectivity index is 0.00000196. The summed E-state index contributed by atoms with van der Waals surface area (Å²) >= 11 is 3.13. The van der Waals surface area contributed by atoms with Crippen molar-refractivity contribution in [2.75, 3.05) is 0 Å². The Morgan fingerprint density at radius 2 is 2.13 bits per heavy atom. The number of phenols is 1. The van der Waals surface area contributed by atoms with Gasteiger partial charge in [0.1, 0.15) is 11.6 Å². The van der Waals surface area contributed by atoms with E-state index in [1.807, 2.05) is 6.92 Å². The van der Waals surface area contributed by atoms with Crippen LogP contribution in [0.5, 0.6) is 5.75 Å². The fraction of sp³-hybridized carbons (Fsp3) is 0.400. The number of benzene rings is 1. The van der Waals surface area contributed by atoms with Gasteiger partial charge in [-0.2, -0.15) is 0 Å². The lowest BCUT2D eigenvalue weighted by molar-refractivity contribution is 0.441. The molecule has 0 aliphatic heterocycles. The van der Waals surface area contributed by atoms with Gasteiger partial charge in [0.2, 0.25) is 0 Å². The summed E-state index contributed by atoms with van der Waals surface area (Å²) in [7, 11) is 0. The fourth-order valence-electron chi connectivity index (χ4n) is 1.36. The Morgan fingerprint density at radius 3 is 2.67 bits per heavy atom. The lowest BCUT2D eigenvalue weighted by Gasteiger charge is -2.14. The summed E-state index contributed by atoms with van der Waals surface area (Å²) in [6, 6.07) is 2.32. The van der Waals surface area contributed by atoms with E-state index < -0.39 is 11.9 Å². The molecule has 0 heterocycles. The first-order valence-electron chi connectivity index (χ1n) is 4.50. The Bertz CT molecular complexity index is 335. The molecule has 0 bridgehead atoms. The Hall–Kier alpha value is -0.320. The van der Waals surface area contributed by atoms with E-state index >= 15 is 0 Å². The highest BCUT2D eigenvalue weighted by molar-refractivity contribution is 9.10. The van der Waals surface area contributed by atoms with E-state index in [1.165, 1.54) is 12.1 Å². The summed E-state index contributed by atoms with van der Waals surface area (Å²) in [6.45, 7) is 1.97. The van der Waals surface area contributed by atoms with Gasteiger partial charge in [0.05, 0.1) is 4.47 Å². The van der Waals surface area contributed by atoms with Gasteiger partial charge >= 0.3 is 0 Å². The third kappa shape index (κ3) is 3.33. The lowest BCUT2D eigenvalue weighted by Crippen LogP contribution is -2.12. The smallest absolute Gasteiger partial charge is 0.137 e. The van der Waals surface area contributed by atoms with E-state index in [1.54, 1.807) is 0 Å². The van der Waals surface area contributed by atoms with E-state index in [-0.39, 0.29) is 23.7 Å². The maximum absolute atomic E-state index is 13.3. The minimum Gasteiger partial charge on any atom is -0.506 e. The van der Waals surface area contributed by atoms with Crippen LogP contribution in [0.25, 0.3) is 0 Å². The van der Waals surface area contributed by atoms with Crippen LogP contribution in [-0.2, 0) is 0 Å². The van der Waals surface area contributed by atoms with Gasteiger partial charge in [0.25, 0.3) is 0 Å². The molecule has 5 heteroatoms. The van der Waals surface area contributed by atoms with Crippen molar-refractivity contribution < 1.29 is 9.50 Å². The highest BCUT2D eigenvalue weighted by atomic mass is 79.9. The van der Waals surface area contributed by atoms with Crippen LogP contribution in [0.1, 0.15) is 31.4 Å². The molecule has 3 N–H and O–H groups in total. The highest BCUT2D eigenvalue weighted by Gasteiger charge is 2.17. The largest absolute Gasteiger partial charge is 0.506 e. The van der Waals surface area contributed by atoms with Gasteiger partial charge in [-0.25, -0.2) is 4.39 Å². The van der Waals surface area contributed by atoms with Crippen molar-refractivity contribution in [2.24, 2.45) is 5.73 Å².